The molecule has 0 spiro atoms. The Morgan fingerprint density at radius 3 is 2.42 bits per heavy atom. The monoisotopic (exact) mass is 663 g/mol. The molecule has 5 rings (SSSR count). The van der Waals surface area contributed by atoms with Gasteiger partial charge >= 0.3 is 5.97 Å². The molecule has 1 saturated carbocycles. The Hall–Kier alpha value is -3.31. The molecule has 2 aromatic carbocycles. The molecule has 1 aliphatic carbocycles. The Balaban J connectivity index is 1.45. The lowest BCUT2D eigenvalue weighted by Crippen LogP contribution is -2.61. The molecule has 2 saturated heterocycles. The molecule has 0 radical (unpaired) electrons. The molecule has 3 aliphatic rings. The molecule has 0 aromatic heterocycles. The number of carbonyl (C=O) groups excluding carboxylic acids is 3. The average Bonchev–Trinajstić information content (AvgIpc) is 3.04. The number of hydrogen-bond acceptors (Lipinski definition) is 8. The van der Waals surface area contributed by atoms with Crippen LogP contribution in [0.5, 0.6) is 0 Å². The molecule has 48 heavy (non-hydrogen) atoms. The number of nitrogens with one attached hydrogen (secondary N) is 2. The van der Waals surface area contributed by atoms with Crippen molar-refractivity contribution in [2.45, 2.75) is 129 Å². The summed E-state index contributed by atoms with van der Waals surface area (Å²) < 4.78 is 18.6. The molecular formula is C38H53N3O7. The molecule has 262 valence electrons. The summed E-state index contributed by atoms with van der Waals surface area (Å²) in [6.45, 7) is 11.6. The molecule has 10 heteroatoms. The Labute approximate surface area is 284 Å². The molecule has 0 bridgehead atoms. The number of aliphatic hydroxyl groups excluding tert-OH is 1. The molecule has 8 unspecified atom stereocenters. The Morgan fingerprint density at radius 1 is 1.00 bits per heavy atom. The van der Waals surface area contributed by atoms with Crippen LogP contribution < -0.4 is 10.6 Å². The first-order valence-corrected chi connectivity index (χ1v) is 17.5. The van der Waals surface area contributed by atoms with E-state index in [1.807, 2.05) is 63.2 Å². The van der Waals surface area contributed by atoms with E-state index in [0.717, 1.165) is 42.4 Å². The van der Waals surface area contributed by atoms with Crippen LogP contribution in [0.1, 0.15) is 109 Å². The van der Waals surface area contributed by atoms with Crippen LogP contribution in [0.15, 0.2) is 48.5 Å². The molecule has 3 N–H and O–H groups in total. The minimum atomic E-state index is -0.943. The van der Waals surface area contributed by atoms with Gasteiger partial charge in [0, 0.05) is 42.2 Å². The standard InChI is InChI=1S/C38H53N3O7/c1-23-33(21-41-31-13-8-7-10-27(31)18-19-32(41)36(45)40-38(4,5)6)47-37(48-34(23)28-16-14-26(22-42)15-17-28)29-11-9-12-30(20-29)39-35(44)24(2)46-25(3)43/h9,11-12,14-17,20,23-24,27,31-34,37,42H,7-8,10,13,18-19,21-22H2,1-6H3,(H,39,44)(H,40,45). The quantitative estimate of drug-likeness (QED) is 0.288. The lowest BCUT2D eigenvalue weighted by atomic mass is 9.75. The van der Waals surface area contributed by atoms with Gasteiger partial charge in [-0.1, -0.05) is 56.2 Å². The Bertz CT molecular complexity index is 1420. The zero-order valence-corrected chi connectivity index (χ0v) is 29.2. The number of carbonyl (C=O) groups is 3. The topological polar surface area (TPSA) is 126 Å². The van der Waals surface area contributed by atoms with Gasteiger partial charge in [0.05, 0.1) is 24.9 Å². The van der Waals surface area contributed by atoms with Crippen molar-refractivity contribution in [3.63, 3.8) is 0 Å². The smallest absolute Gasteiger partial charge is 0.303 e. The van der Waals surface area contributed by atoms with Crippen LogP contribution in [0.25, 0.3) is 0 Å². The van der Waals surface area contributed by atoms with Crippen molar-refractivity contribution in [3.8, 4) is 0 Å². The molecule has 2 heterocycles. The van der Waals surface area contributed by atoms with Gasteiger partial charge in [0.2, 0.25) is 5.91 Å². The van der Waals surface area contributed by atoms with Gasteiger partial charge < -0.3 is 30.0 Å². The maximum absolute atomic E-state index is 13.8. The van der Waals surface area contributed by atoms with Crippen molar-refractivity contribution < 1.29 is 33.7 Å². The number of anilines is 1. The number of nitrogens with zero attached hydrogens (tertiary/aromatic N) is 1. The van der Waals surface area contributed by atoms with E-state index in [-0.39, 0.29) is 42.2 Å². The van der Waals surface area contributed by atoms with Gasteiger partial charge in [-0.05, 0) is 82.6 Å². The first kappa shape index (κ1) is 36.0. The van der Waals surface area contributed by atoms with Gasteiger partial charge in [-0.3, -0.25) is 19.3 Å². The third kappa shape index (κ3) is 8.83. The summed E-state index contributed by atoms with van der Waals surface area (Å²) in [6.07, 6.45) is 4.27. The first-order valence-electron chi connectivity index (χ1n) is 17.5. The van der Waals surface area contributed by atoms with Crippen molar-refractivity contribution in [1.82, 2.24) is 10.2 Å². The minimum absolute atomic E-state index is 0.0418. The number of likely N-dealkylation sites (tertiary alicyclic amines) is 1. The summed E-state index contributed by atoms with van der Waals surface area (Å²) in [5.74, 6) is -0.373. The minimum Gasteiger partial charge on any atom is -0.453 e. The van der Waals surface area contributed by atoms with Gasteiger partial charge in [-0.2, -0.15) is 0 Å². The second-order valence-corrected chi connectivity index (χ2v) is 14.8. The van der Waals surface area contributed by atoms with E-state index >= 15 is 0 Å². The SMILES string of the molecule is CC(=O)OC(C)C(=O)Nc1cccc(C2OC(CN3C(C(=O)NC(C)(C)C)CCC4CCCCC43)C(C)C(c3ccc(CO)cc3)O2)c1. The van der Waals surface area contributed by atoms with E-state index in [1.54, 1.807) is 6.07 Å². The number of amides is 2. The maximum atomic E-state index is 13.8. The van der Waals surface area contributed by atoms with E-state index < -0.39 is 24.3 Å². The molecule has 8 atom stereocenters. The lowest BCUT2D eigenvalue weighted by Gasteiger charge is -2.51. The normalized spacial score (nSPS) is 28.5. The van der Waals surface area contributed by atoms with Crippen molar-refractivity contribution in [2.24, 2.45) is 11.8 Å². The van der Waals surface area contributed by atoms with Crippen molar-refractivity contribution >= 4 is 23.5 Å². The van der Waals surface area contributed by atoms with Crippen molar-refractivity contribution in [2.75, 3.05) is 11.9 Å². The van der Waals surface area contributed by atoms with Crippen LogP contribution in [0, 0.1) is 11.8 Å². The van der Waals surface area contributed by atoms with Crippen molar-refractivity contribution in [1.29, 1.82) is 0 Å². The van der Waals surface area contributed by atoms with Gasteiger partial charge in [0.1, 0.15) is 0 Å². The van der Waals surface area contributed by atoms with Crippen LogP contribution in [0.2, 0.25) is 0 Å². The molecule has 2 aromatic rings. The molecule has 2 amide bonds. The summed E-state index contributed by atoms with van der Waals surface area (Å²) in [7, 11) is 0. The van der Waals surface area contributed by atoms with Crippen LogP contribution in [-0.2, 0) is 35.2 Å². The fourth-order valence-electron chi connectivity index (χ4n) is 7.57. The summed E-state index contributed by atoms with van der Waals surface area (Å²) in [5, 5.41) is 15.7. The Kier molecular flexibility index (Phi) is 11.6. The highest BCUT2D eigenvalue weighted by molar-refractivity contribution is 5.95. The van der Waals surface area contributed by atoms with Gasteiger partial charge in [0.25, 0.3) is 5.91 Å². The highest BCUT2D eigenvalue weighted by Crippen LogP contribution is 2.44. The fourth-order valence-corrected chi connectivity index (χ4v) is 7.57. The van der Waals surface area contributed by atoms with E-state index in [9.17, 15) is 19.5 Å². The number of hydrogen-bond donors (Lipinski definition) is 3. The predicted octanol–water partition coefficient (Wildman–Crippen LogP) is 5.80. The first-order chi connectivity index (χ1) is 22.8. The number of aliphatic hydroxyl groups is 1. The number of benzene rings is 2. The fraction of sp³-hybridized carbons (Fsp3) is 0.605. The Morgan fingerprint density at radius 2 is 1.73 bits per heavy atom. The highest BCUT2D eigenvalue weighted by Gasteiger charge is 2.46. The van der Waals surface area contributed by atoms with E-state index in [0.29, 0.717) is 24.2 Å². The average molecular weight is 664 g/mol. The van der Waals surface area contributed by atoms with Crippen LogP contribution in [0.3, 0.4) is 0 Å². The summed E-state index contributed by atoms with van der Waals surface area (Å²) in [6, 6.07) is 15.2. The highest BCUT2D eigenvalue weighted by atomic mass is 16.7. The van der Waals surface area contributed by atoms with Crippen LogP contribution in [0.4, 0.5) is 5.69 Å². The van der Waals surface area contributed by atoms with E-state index in [2.05, 4.69) is 22.5 Å². The predicted molar refractivity (Wildman–Crippen MR) is 183 cm³/mol. The molecule has 10 nitrogen and oxygen atoms in total. The molecular weight excluding hydrogens is 610 g/mol. The maximum Gasteiger partial charge on any atom is 0.303 e. The molecule has 3 fully saturated rings. The van der Waals surface area contributed by atoms with Crippen LogP contribution >= 0.6 is 0 Å². The third-order valence-electron chi connectivity index (χ3n) is 9.96. The zero-order chi connectivity index (χ0) is 34.6. The number of ether oxygens (including phenoxy) is 3. The van der Waals surface area contributed by atoms with E-state index in [4.69, 9.17) is 14.2 Å². The number of fused-ring (bicyclic) bond motifs is 1. The number of esters is 1. The summed E-state index contributed by atoms with van der Waals surface area (Å²) in [4.78, 5) is 40.3. The van der Waals surface area contributed by atoms with E-state index in [1.165, 1.54) is 26.7 Å². The largest absolute Gasteiger partial charge is 0.453 e. The number of piperidine rings is 1. The summed E-state index contributed by atoms with van der Waals surface area (Å²) in [5.41, 5.74) is 2.74. The second-order valence-electron chi connectivity index (χ2n) is 14.8. The molecule has 2 aliphatic heterocycles. The van der Waals surface area contributed by atoms with Crippen LogP contribution in [-0.4, -0.2) is 64.2 Å². The third-order valence-corrected chi connectivity index (χ3v) is 9.96. The summed E-state index contributed by atoms with van der Waals surface area (Å²) >= 11 is 0. The number of rotatable bonds is 9. The van der Waals surface area contributed by atoms with Crippen molar-refractivity contribution in [3.05, 3.63) is 65.2 Å². The second kappa shape index (κ2) is 15.5. The van der Waals surface area contributed by atoms with Gasteiger partial charge in [0.15, 0.2) is 12.4 Å². The lowest BCUT2D eigenvalue weighted by molar-refractivity contribution is -0.278. The zero-order valence-electron chi connectivity index (χ0n) is 29.2. The van der Waals surface area contributed by atoms with Gasteiger partial charge in [-0.25, -0.2) is 0 Å². The van der Waals surface area contributed by atoms with Gasteiger partial charge in [-0.15, -0.1) is 0 Å².